The summed E-state index contributed by atoms with van der Waals surface area (Å²) in [6, 6.07) is 22.2. The van der Waals surface area contributed by atoms with Gasteiger partial charge in [-0.3, -0.25) is 10.1 Å². The van der Waals surface area contributed by atoms with Crippen molar-refractivity contribution >= 4 is 33.1 Å². The first-order chi connectivity index (χ1) is 13.7. The van der Waals surface area contributed by atoms with Gasteiger partial charge >= 0.3 is 0 Å². The second-order valence-electron chi connectivity index (χ2n) is 6.44. The molecular formula is C23H20N2O2S. The van der Waals surface area contributed by atoms with Crippen LogP contribution >= 0.6 is 11.3 Å². The number of aryl methyl sites for hydroxylation is 1. The van der Waals surface area contributed by atoms with Gasteiger partial charge < -0.3 is 4.74 Å². The molecule has 0 saturated carbocycles. The Bertz CT molecular complexity index is 1120. The molecule has 0 unspecified atom stereocenters. The number of thiazole rings is 1. The summed E-state index contributed by atoms with van der Waals surface area (Å²) in [5.41, 5.74) is 3.06. The van der Waals surface area contributed by atoms with Crippen LogP contribution in [0.1, 0.15) is 12.5 Å². The highest BCUT2D eigenvalue weighted by molar-refractivity contribution is 7.14. The Labute approximate surface area is 167 Å². The maximum absolute atomic E-state index is 12.2. The van der Waals surface area contributed by atoms with E-state index in [2.05, 4.69) is 41.5 Å². The van der Waals surface area contributed by atoms with Crippen molar-refractivity contribution in [3.05, 3.63) is 77.7 Å². The van der Waals surface area contributed by atoms with E-state index in [-0.39, 0.29) is 12.5 Å². The third-order valence-corrected chi connectivity index (χ3v) is 5.23. The molecule has 0 aliphatic heterocycles. The summed E-state index contributed by atoms with van der Waals surface area (Å²) < 4.78 is 5.59. The number of ether oxygens (including phenoxy) is 1. The average Bonchev–Trinajstić information content (AvgIpc) is 3.20. The predicted molar refractivity (Wildman–Crippen MR) is 115 cm³/mol. The van der Waals surface area contributed by atoms with Crippen LogP contribution in [0.25, 0.3) is 22.0 Å². The van der Waals surface area contributed by atoms with Crippen LogP contribution in [-0.4, -0.2) is 17.5 Å². The molecule has 0 aliphatic rings. The monoisotopic (exact) mass is 388 g/mol. The number of nitrogens with one attached hydrogen (secondary N) is 1. The lowest BCUT2D eigenvalue weighted by atomic mass is 10.1. The SMILES string of the molecule is CCc1cccc(OCC(=O)Nc2nc(-c3ccc4ccccc4c3)cs2)c1. The van der Waals surface area contributed by atoms with E-state index >= 15 is 0 Å². The average molecular weight is 388 g/mol. The molecule has 0 aliphatic carbocycles. The molecule has 0 radical (unpaired) electrons. The summed E-state index contributed by atoms with van der Waals surface area (Å²) in [7, 11) is 0. The Kier molecular flexibility index (Phi) is 5.35. The zero-order valence-electron chi connectivity index (χ0n) is 15.5. The topological polar surface area (TPSA) is 51.2 Å². The van der Waals surface area contributed by atoms with Gasteiger partial charge in [0.15, 0.2) is 11.7 Å². The molecule has 1 amide bonds. The van der Waals surface area contributed by atoms with Crippen molar-refractivity contribution in [2.75, 3.05) is 11.9 Å². The normalized spacial score (nSPS) is 10.8. The van der Waals surface area contributed by atoms with Crippen molar-refractivity contribution in [1.29, 1.82) is 0 Å². The first kappa shape index (κ1) is 18.2. The number of carbonyl (C=O) groups is 1. The van der Waals surface area contributed by atoms with Crippen LogP contribution in [0.15, 0.2) is 72.1 Å². The molecule has 4 rings (SSSR count). The van der Waals surface area contributed by atoms with Gasteiger partial charge in [0.2, 0.25) is 0 Å². The molecule has 1 N–H and O–H groups in total. The highest BCUT2D eigenvalue weighted by Gasteiger charge is 2.09. The molecule has 4 aromatic rings. The number of carbonyl (C=O) groups excluding carboxylic acids is 1. The number of fused-ring (bicyclic) bond motifs is 1. The molecule has 1 heterocycles. The van der Waals surface area contributed by atoms with Crippen LogP contribution in [0, 0.1) is 0 Å². The molecule has 140 valence electrons. The van der Waals surface area contributed by atoms with Crippen molar-refractivity contribution in [3.8, 4) is 17.0 Å². The Morgan fingerprint density at radius 3 is 2.75 bits per heavy atom. The van der Waals surface area contributed by atoms with Crippen LogP contribution in [0.5, 0.6) is 5.75 Å². The van der Waals surface area contributed by atoms with Crippen LogP contribution in [-0.2, 0) is 11.2 Å². The fourth-order valence-corrected chi connectivity index (χ4v) is 3.71. The molecular weight excluding hydrogens is 368 g/mol. The first-order valence-electron chi connectivity index (χ1n) is 9.17. The third-order valence-electron chi connectivity index (χ3n) is 4.47. The van der Waals surface area contributed by atoms with E-state index in [1.807, 2.05) is 47.8 Å². The van der Waals surface area contributed by atoms with E-state index in [9.17, 15) is 4.79 Å². The van der Waals surface area contributed by atoms with Gasteiger partial charge in [0.25, 0.3) is 5.91 Å². The summed E-state index contributed by atoms with van der Waals surface area (Å²) >= 11 is 1.41. The Balaban J connectivity index is 1.40. The standard InChI is InChI=1S/C23H20N2O2S/c1-2-16-6-5-9-20(12-16)27-14-22(26)25-23-24-21(15-28-23)19-11-10-17-7-3-4-8-18(17)13-19/h3-13,15H,2,14H2,1H3,(H,24,25,26). The lowest BCUT2D eigenvalue weighted by Gasteiger charge is -2.07. The van der Waals surface area contributed by atoms with E-state index < -0.39 is 0 Å². The second-order valence-corrected chi connectivity index (χ2v) is 7.30. The molecule has 0 fully saturated rings. The molecule has 3 aromatic carbocycles. The minimum Gasteiger partial charge on any atom is -0.484 e. The van der Waals surface area contributed by atoms with E-state index in [0.717, 1.165) is 17.7 Å². The van der Waals surface area contributed by atoms with Crippen molar-refractivity contribution in [1.82, 2.24) is 4.98 Å². The minimum atomic E-state index is -0.221. The van der Waals surface area contributed by atoms with Crippen LogP contribution < -0.4 is 10.1 Å². The summed E-state index contributed by atoms with van der Waals surface area (Å²) in [5, 5.41) is 7.69. The number of aromatic nitrogens is 1. The maximum Gasteiger partial charge on any atom is 0.264 e. The van der Waals surface area contributed by atoms with Gasteiger partial charge in [0, 0.05) is 10.9 Å². The quantitative estimate of drug-likeness (QED) is 0.472. The number of rotatable bonds is 6. The van der Waals surface area contributed by atoms with Crippen molar-refractivity contribution in [2.45, 2.75) is 13.3 Å². The summed E-state index contributed by atoms with van der Waals surface area (Å²) in [6.45, 7) is 2.04. The number of benzene rings is 3. The summed E-state index contributed by atoms with van der Waals surface area (Å²) in [6.07, 6.45) is 0.931. The zero-order chi connectivity index (χ0) is 19.3. The van der Waals surface area contributed by atoms with Crippen LogP contribution in [0.3, 0.4) is 0 Å². The first-order valence-corrected chi connectivity index (χ1v) is 10.1. The molecule has 0 bridgehead atoms. The number of nitrogens with zero attached hydrogens (tertiary/aromatic N) is 1. The Hall–Kier alpha value is -3.18. The van der Waals surface area contributed by atoms with Gasteiger partial charge in [-0.25, -0.2) is 4.98 Å². The molecule has 28 heavy (non-hydrogen) atoms. The van der Waals surface area contributed by atoms with Gasteiger partial charge in [-0.15, -0.1) is 11.3 Å². The molecule has 0 atom stereocenters. The van der Waals surface area contributed by atoms with Crippen molar-refractivity contribution < 1.29 is 9.53 Å². The third kappa shape index (κ3) is 4.21. The molecule has 0 saturated heterocycles. The molecule has 1 aromatic heterocycles. The fourth-order valence-electron chi connectivity index (χ4n) is 2.97. The van der Waals surface area contributed by atoms with E-state index in [1.165, 1.54) is 27.7 Å². The molecule has 0 spiro atoms. The van der Waals surface area contributed by atoms with Gasteiger partial charge in [-0.1, -0.05) is 55.5 Å². The number of hydrogen-bond donors (Lipinski definition) is 1. The van der Waals surface area contributed by atoms with Crippen molar-refractivity contribution in [3.63, 3.8) is 0 Å². The van der Waals surface area contributed by atoms with Crippen LogP contribution in [0.4, 0.5) is 5.13 Å². The Morgan fingerprint density at radius 1 is 1.04 bits per heavy atom. The van der Waals surface area contributed by atoms with Gasteiger partial charge in [0.1, 0.15) is 5.75 Å². The smallest absolute Gasteiger partial charge is 0.264 e. The molecule has 5 heteroatoms. The summed E-state index contributed by atoms with van der Waals surface area (Å²) in [5.74, 6) is 0.479. The molecule has 4 nitrogen and oxygen atoms in total. The lowest BCUT2D eigenvalue weighted by Crippen LogP contribution is -2.20. The van der Waals surface area contributed by atoms with Gasteiger partial charge in [0.05, 0.1) is 5.69 Å². The highest BCUT2D eigenvalue weighted by atomic mass is 32.1. The van der Waals surface area contributed by atoms with Gasteiger partial charge in [-0.2, -0.15) is 0 Å². The summed E-state index contributed by atoms with van der Waals surface area (Å²) in [4.78, 5) is 16.7. The highest BCUT2D eigenvalue weighted by Crippen LogP contribution is 2.27. The number of anilines is 1. The fraction of sp³-hybridized carbons (Fsp3) is 0.130. The zero-order valence-corrected chi connectivity index (χ0v) is 16.3. The van der Waals surface area contributed by atoms with E-state index in [0.29, 0.717) is 10.9 Å². The second kappa shape index (κ2) is 8.23. The van der Waals surface area contributed by atoms with Gasteiger partial charge in [-0.05, 0) is 41.0 Å². The van der Waals surface area contributed by atoms with E-state index in [4.69, 9.17) is 4.74 Å². The van der Waals surface area contributed by atoms with Crippen molar-refractivity contribution in [2.24, 2.45) is 0 Å². The van der Waals surface area contributed by atoms with Crippen LogP contribution in [0.2, 0.25) is 0 Å². The largest absolute Gasteiger partial charge is 0.484 e. The lowest BCUT2D eigenvalue weighted by molar-refractivity contribution is -0.118. The van der Waals surface area contributed by atoms with E-state index in [1.54, 1.807) is 0 Å². The number of hydrogen-bond acceptors (Lipinski definition) is 4. The minimum absolute atomic E-state index is 0.0436. The number of amides is 1. The maximum atomic E-state index is 12.2. The Morgan fingerprint density at radius 2 is 1.89 bits per heavy atom. The predicted octanol–water partition coefficient (Wildman–Crippen LogP) is 5.54.